The largest absolute Gasteiger partial charge is 0.493 e. The molecule has 1 atom stereocenters. The molecule has 2 fully saturated rings. The van der Waals surface area contributed by atoms with Crippen LogP contribution >= 0.6 is 0 Å². The quantitative estimate of drug-likeness (QED) is 0.861. The Morgan fingerprint density at radius 3 is 2.40 bits per heavy atom. The Bertz CT molecular complexity index is 607. The Hall–Kier alpha value is -1.55. The summed E-state index contributed by atoms with van der Waals surface area (Å²) < 4.78 is 5.78. The van der Waals surface area contributed by atoms with Crippen LogP contribution in [-0.4, -0.2) is 37.0 Å². The van der Waals surface area contributed by atoms with Gasteiger partial charge in [0.05, 0.1) is 12.0 Å². The second kappa shape index (κ2) is 6.99. The van der Waals surface area contributed by atoms with Crippen LogP contribution in [0.1, 0.15) is 52.0 Å². The SMILES string of the molecule is CC(C)COc1ccc(C2(C(=O)N3CCC(C)(CN)C3)CCC2)cc1. The van der Waals surface area contributed by atoms with Gasteiger partial charge in [0.25, 0.3) is 0 Å². The third kappa shape index (κ3) is 3.55. The monoisotopic (exact) mass is 344 g/mol. The molecule has 2 N–H and O–H groups in total. The average molecular weight is 344 g/mol. The first-order valence-corrected chi connectivity index (χ1v) is 9.61. The van der Waals surface area contributed by atoms with E-state index in [9.17, 15) is 4.79 Å². The number of nitrogens with zero attached hydrogens (tertiary/aromatic N) is 1. The van der Waals surface area contributed by atoms with Gasteiger partial charge < -0.3 is 15.4 Å². The fraction of sp³-hybridized carbons (Fsp3) is 0.667. The second-order valence-corrected chi connectivity index (χ2v) is 8.66. The zero-order valence-electron chi connectivity index (χ0n) is 15.9. The number of hydrogen-bond acceptors (Lipinski definition) is 3. The predicted octanol–water partition coefficient (Wildman–Crippen LogP) is 3.34. The van der Waals surface area contributed by atoms with Crippen molar-refractivity contribution < 1.29 is 9.53 Å². The smallest absolute Gasteiger partial charge is 0.233 e. The van der Waals surface area contributed by atoms with E-state index in [0.29, 0.717) is 18.4 Å². The standard InChI is InChI=1S/C21H32N2O2/c1-16(2)13-25-18-7-5-17(6-8-18)21(9-4-10-21)19(24)23-12-11-20(3,14-22)15-23/h5-8,16H,4,9-15,22H2,1-3H3. The summed E-state index contributed by atoms with van der Waals surface area (Å²) in [4.78, 5) is 15.4. The van der Waals surface area contributed by atoms with E-state index in [1.165, 1.54) is 0 Å². The highest BCUT2D eigenvalue weighted by Crippen LogP contribution is 2.46. The van der Waals surface area contributed by atoms with E-state index >= 15 is 0 Å². The van der Waals surface area contributed by atoms with Crippen LogP contribution in [0.5, 0.6) is 5.75 Å². The Morgan fingerprint density at radius 1 is 1.24 bits per heavy atom. The van der Waals surface area contributed by atoms with E-state index in [4.69, 9.17) is 10.5 Å². The topological polar surface area (TPSA) is 55.6 Å². The van der Waals surface area contributed by atoms with Gasteiger partial charge in [-0.3, -0.25) is 4.79 Å². The van der Waals surface area contributed by atoms with Crippen molar-refractivity contribution in [3.05, 3.63) is 29.8 Å². The highest BCUT2D eigenvalue weighted by Gasteiger charge is 2.49. The molecular formula is C21H32N2O2. The average Bonchev–Trinajstić information content (AvgIpc) is 2.96. The molecular weight excluding hydrogens is 312 g/mol. The molecule has 25 heavy (non-hydrogen) atoms. The van der Waals surface area contributed by atoms with Crippen LogP contribution in [0.4, 0.5) is 0 Å². The number of likely N-dealkylation sites (tertiary alicyclic amines) is 1. The lowest BCUT2D eigenvalue weighted by atomic mass is 9.63. The van der Waals surface area contributed by atoms with E-state index in [2.05, 4.69) is 37.8 Å². The molecule has 4 nitrogen and oxygen atoms in total. The van der Waals surface area contributed by atoms with E-state index in [0.717, 1.165) is 56.7 Å². The van der Waals surface area contributed by atoms with Crippen LogP contribution in [0.15, 0.2) is 24.3 Å². The van der Waals surface area contributed by atoms with Gasteiger partial charge in [0, 0.05) is 13.1 Å². The van der Waals surface area contributed by atoms with Crippen LogP contribution in [-0.2, 0) is 10.2 Å². The zero-order valence-corrected chi connectivity index (χ0v) is 15.9. The molecule has 1 unspecified atom stereocenters. The Morgan fingerprint density at radius 2 is 1.92 bits per heavy atom. The van der Waals surface area contributed by atoms with Gasteiger partial charge in [-0.15, -0.1) is 0 Å². The molecule has 1 aliphatic heterocycles. The minimum Gasteiger partial charge on any atom is -0.493 e. The van der Waals surface area contributed by atoms with Crippen LogP contribution in [0.3, 0.4) is 0 Å². The third-order valence-corrected chi connectivity index (χ3v) is 5.94. The number of ether oxygens (including phenoxy) is 1. The molecule has 1 saturated carbocycles. The predicted molar refractivity (Wildman–Crippen MR) is 101 cm³/mol. The van der Waals surface area contributed by atoms with Gasteiger partial charge in [0.1, 0.15) is 5.75 Å². The van der Waals surface area contributed by atoms with Gasteiger partial charge in [0.15, 0.2) is 0 Å². The van der Waals surface area contributed by atoms with Crippen molar-refractivity contribution in [2.24, 2.45) is 17.1 Å². The first-order chi connectivity index (χ1) is 11.9. The summed E-state index contributed by atoms with van der Waals surface area (Å²) in [5.74, 6) is 1.69. The van der Waals surface area contributed by atoms with Crippen molar-refractivity contribution >= 4 is 5.91 Å². The maximum atomic E-state index is 13.3. The van der Waals surface area contributed by atoms with Gasteiger partial charge in [-0.2, -0.15) is 0 Å². The second-order valence-electron chi connectivity index (χ2n) is 8.66. The van der Waals surface area contributed by atoms with Gasteiger partial charge in [-0.05, 0) is 54.8 Å². The summed E-state index contributed by atoms with van der Waals surface area (Å²) in [6.45, 7) is 9.46. The van der Waals surface area contributed by atoms with E-state index in [1.807, 2.05) is 12.1 Å². The zero-order chi connectivity index (χ0) is 18.1. The van der Waals surface area contributed by atoms with Crippen molar-refractivity contribution in [3.63, 3.8) is 0 Å². The minimum atomic E-state index is -0.323. The van der Waals surface area contributed by atoms with Gasteiger partial charge in [-0.25, -0.2) is 0 Å². The Balaban J connectivity index is 1.73. The van der Waals surface area contributed by atoms with Crippen molar-refractivity contribution in [1.29, 1.82) is 0 Å². The van der Waals surface area contributed by atoms with E-state index < -0.39 is 0 Å². The summed E-state index contributed by atoms with van der Waals surface area (Å²) in [5, 5.41) is 0. The van der Waals surface area contributed by atoms with E-state index in [1.54, 1.807) is 0 Å². The molecule has 0 radical (unpaired) electrons. The van der Waals surface area contributed by atoms with Gasteiger partial charge in [0.2, 0.25) is 5.91 Å². The highest BCUT2D eigenvalue weighted by molar-refractivity contribution is 5.89. The summed E-state index contributed by atoms with van der Waals surface area (Å²) in [6.07, 6.45) is 4.04. The lowest BCUT2D eigenvalue weighted by Gasteiger charge is -2.43. The third-order valence-electron chi connectivity index (χ3n) is 5.94. The fourth-order valence-corrected chi connectivity index (χ4v) is 3.96. The molecule has 1 aromatic carbocycles. The number of rotatable bonds is 6. The van der Waals surface area contributed by atoms with Crippen molar-refractivity contribution in [3.8, 4) is 5.75 Å². The summed E-state index contributed by atoms with van der Waals surface area (Å²) in [6, 6.07) is 8.20. The summed E-state index contributed by atoms with van der Waals surface area (Å²) in [7, 11) is 0. The molecule has 0 spiro atoms. The first kappa shape index (κ1) is 18.2. The van der Waals surface area contributed by atoms with Gasteiger partial charge >= 0.3 is 0 Å². The molecule has 1 aromatic rings. The number of carbonyl (C=O) groups is 1. The highest BCUT2D eigenvalue weighted by atomic mass is 16.5. The summed E-state index contributed by atoms with van der Waals surface area (Å²) >= 11 is 0. The molecule has 4 heteroatoms. The molecule has 1 heterocycles. The first-order valence-electron chi connectivity index (χ1n) is 9.61. The van der Waals surface area contributed by atoms with Crippen molar-refractivity contribution in [1.82, 2.24) is 4.90 Å². The molecule has 0 bridgehead atoms. The Labute approximate surface area is 151 Å². The van der Waals surface area contributed by atoms with E-state index in [-0.39, 0.29) is 10.8 Å². The molecule has 2 aliphatic rings. The number of amides is 1. The molecule has 1 aliphatic carbocycles. The maximum Gasteiger partial charge on any atom is 0.233 e. The van der Waals surface area contributed by atoms with Crippen molar-refractivity contribution in [2.75, 3.05) is 26.2 Å². The van der Waals surface area contributed by atoms with Gasteiger partial charge in [-0.1, -0.05) is 39.3 Å². The number of nitrogens with two attached hydrogens (primary N) is 1. The molecule has 138 valence electrons. The van der Waals surface area contributed by atoms with Crippen molar-refractivity contribution in [2.45, 2.75) is 51.9 Å². The number of hydrogen-bond donors (Lipinski definition) is 1. The fourth-order valence-electron chi connectivity index (χ4n) is 3.96. The summed E-state index contributed by atoms with van der Waals surface area (Å²) in [5.41, 5.74) is 6.81. The molecule has 3 rings (SSSR count). The van der Waals surface area contributed by atoms with Crippen LogP contribution < -0.4 is 10.5 Å². The molecule has 0 aromatic heterocycles. The normalized spacial score (nSPS) is 25.1. The van der Waals surface area contributed by atoms with Crippen LogP contribution in [0, 0.1) is 11.3 Å². The minimum absolute atomic E-state index is 0.0785. The number of carbonyl (C=O) groups excluding carboxylic acids is 1. The molecule has 1 amide bonds. The molecule has 1 saturated heterocycles. The lowest BCUT2D eigenvalue weighted by molar-refractivity contribution is -0.140. The Kier molecular flexibility index (Phi) is 5.10. The van der Waals surface area contributed by atoms with Crippen LogP contribution in [0.2, 0.25) is 0 Å². The lowest BCUT2D eigenvalue weighted by Crippen LogP contribution is -2.51. The maximum absolute atomic E-state index is 13.3. The number of benzene rings is 1. The van der Waals surface area contributed by atoms with Crippen LogP contribution in [0.25, 0.3) is 0 Å².